The molecule has 1 atom stereocenters. The number of benzene rings is 2. The summed E-state index contributed by atoms with van der Waals surface area (Å²) in [6.45, 7) is 6.29. The molecule has 0 bridgehead atoms. The molecule has 2 aromatic rings. The highest BCUT2D eigenvalue weighted by atomic mass is 16.4. The Morgan fingerprint density at radius 1 is 0.903 bits per heavy atom. The number of carboxylic acid groups (broad SMARTS) is 1. The molecule has 170 valence electrons. The molecule has 0 aliphatic carbocycles. The number of aliphatic hydroxyl groups is 1. The lowest BCUT2D eigenvalue weighted by Crippen LogP contribution is -2.15. The van der Waals surface area contributed by atoms with Gasteiger partial charge in [-0.1, -0.05) is 88.6 Å². The lowest BCUT2D eigenvalue weighted by atomic mass is 9.87. The number of aliphatic hydroxyl groups excluding tert-OH is 1. The van der Waals surface area contributed by atoms with Crippen molar-refractivity contribution in [1.29, 1.82) is 0 Å². The number of aromatic carboxylic acids is 1. The van der Waals surface area contributed by atoms with Gasteiger partial charge in [-0.25, -0.2) is 4.79 Å². The summed E-state index contributed by atoms with van der Waals surface area (Å²) in [7, 11) is 0. The second-order valence-corrected chi connectivity index (χ2v) is 8.90. The van der Waals surface area contributed by atoms with Crippen LogP contribution in [-0.4, -0.2) is 22.3 Å². The van der Waals surface area contributed by atoms with Gasteiger partial charge in [0.05, 0.1) is 11.7 Å². The molecular weight excluding hydrogens is 384 g/mol. The largest absolute Gasteiger partial charge is 0.478 e. The molecule has 0 heterocycles. The third-order valence-corrected chi connectivity index (χ3v) is 6.44. The number of rotatable bonds is 14. The molecule has 1 unspecified atom stereocenters. The molecule has 2 rings (SSSR count). The first kappa shape index (κ1) is 25.1. The van der Waals surface area contributed by atoms with Gasteiger partial charge in [0.25, 0.3) is 0 Å². The first-order valence-electron chi connectivity index (χ1n) is 12.0. The SMILES string of the molecule is CCCCCCCCCCC(O)Cc1cc(C(=O)O)c(Cc2ccccc2)c(C)c1C. The predicted molar refractivity (Wildman–Crippen MR) is 129 cm³/mol. The third-order valence-electron chi connectivity index (χ3n) is 6.44. The lowest BCUT2D eigenvalue weighted by molar-refractivity contribution is 0.0695. The summed E-state index contributed by atoms with van der Waals surface area (Å²) < 4.78 is 0. The van der Waals surface area contributed by atoms with Crippen LogP contribution in [0, 0.1) is 13.8 Å². The Balaban J connectivity index is 1.97. The average molecular weight is 425 g/mol. The average Bonchev–Trinajstić information content (AvgIpc) is 2.75. The van der Waals surface area contributed by atoms with E-state index in [9.17, 15) is 15.0 Å². The van der Waals surface area contributed by atoms with Crippen molar-refractivity contribution in [3.63, 3.8) is 0 Å². The Kier molecular flexibility index (Phi) is 10.8. The topological polar surface area (TPSA) is 57.5 Å². The van der Waals surface area contributed by atoms with Crippen LogP contribution in [0.1, 0.15) is 103 Å². The second-order valence-electron chi connectivity index (χ2n) is 8.90. The molecule has 0 aromatic heterocycles. The minimum absolute atomic E-state index is 0.362. The molecule has 0 fully saturated rings. The smallest absolute Gasteiger partial charge is 0.335 e. The number of carboxylic acids is 1. The molecule has 2 aromatic carbocycles. The maximum absolute atomic E-state index is 12.0. The van der Waals surface area contributed by atoms with Crippen LogP contribution in [0.25, 0.3) is 0 Å². The summed E-state index contributed by atoms with van der Waals surface area (Å²) in [5.41, 5.74) is 5.43. The van der Waals surface area contributed by atoms with Gasteiger partial charge < -0.3 is 10.2 Å². The van der Waals surface area contributed by atoms with E-state index in [0.29, 0.717) is 18.4 Å². The fourth-order valence-electron chi connectivity index (χ4n) is 4.34. The Labute approximate surface area is 188 Å². The van der Waals surface area contributed by atoms with Crippen LogP contribution in [0.4, 0.5) is 0 Å². The van der Waals surface area contributed by atoms with Gasteiger partial charge in [-0.05, 0) is 67.0 Å². The van der Waals surface area contributed by atoms with Gasteiger partial charge in [0.15, 0.2) is 0 Å². The van der Waals surface area contributed by atoms with E-state index in [1.54, 1.807) is 6.07 Å². The third kappa shape index (κ3) is 8.14. The van der Waals surface area contributed by atoms with Crippen LogP contribution in [0.2, 0.25) is 0 Å². The Morgan fingerprint density at radius 3 is 2.13 bits per heavy atom. The normalized spacial score (nSPS) is 12.1. The first-order valence-corrected chi connectivity index (χ1v) is 12.0. The molecule has 0 aliphatic heterocycles. The first-order chi connectivity index (χ1) is 14.9. The molecule has 3 heteroatoms. The molecule has 0 amide bonds. The van der Waals surface area contributed by atoms with Gasteiger partial charge in [0, 0.05) is 0 Å². The molecular formula is C28H40O3. The van der Waals surface area contributed by atoms with E-state index < -0.39 is 12.1 Å². The van der Waals surface area contributed by atoms with Crippen molar-refractivity contribution < 1.29 is 15.0 Å². The van der Waals surface area contributed by atoms with Crippen molar-refractivity contribution in [2.45, 2.75) is 97.5 Å². The summed E-state index contributed by atoms with van der Waals surface area (Å²) in [6, 6.07) is 11.8. The number of unbranched alkanes of at least 4 members (excludes halogenated alkanes) is 7. The van der Waals surface area contributed by atoms with E-state index in [0.717, 1.165) is 47.1 Å². The quantitative estimate of drug-likeness (QED) is 0.320. The minimum atomic E-state index is -0.896. The number of carbonyl (C=O) groups is 1. The van der Waals surface area contributed by atoms with Crippen molar-refractivity contribution in [2.24, 2.45) is 0 Å². The number of hydrogen-bond donors (Lipinski definition) is 2. The highest BCUT2D eigenvalue weighted by molar-refractivity contribution is 5.90. The zero-order chi connectivity index (χ0) is 22.6. The van der Waals surface area contributed by atoms with Crippen LogP contribution in [0.15, 0.2) is 36.4 Å². The van der Waals surface area contributed by atoms with Gasteiger partial charge in [0.1, 0.15) is 0 Å². The van der Waals surface area contributed by atoms with Gasteiger partial charge in [-0.2, -0.15) is 0 Å². The Bertz CT molecular complexity index is 811. The van der Waals surface area contributed by atoms with Gasteiger partial charge in [0.2, 0.25) is 0 Å². The minimum Gasteiger partial charge on any atom is -0.478 e. The fraction of sp³-hybridized carbons (Fsp3) is 0.536. The number of hydrogen-bond acceptors (Lipinski definition) is 2. The summed E-state index contributed by atoms with van der Waals surface area (Å²) in [6.07, 6.45) is 11.5. The summed E-state index contributed by atoms with van der Waals surface area (Å²) in [5.74, 6) is -0.896. The Morgan fingerprint density at radius 2 is 1.52 bits per heavy atom. The van der Waals surface area contributed by atoms with Crippen LogP contribution in [0.3, 0.4) is 0 Å². The highest BCUT2D eigenvalue weighted by Gasteiger charge is 2.19. The fourth-order valence-corrected chi connectivity index (χ4v) is 4.34. The molecule has 0 saturated heterocycles. The van der Waals surface area contributed by atoms with E-state index in [1.165, 1.54) is 38.5 Å². The van der Waals surface area contributed by atoms with Crippen LogP contribution < -0.4 is 0 Å². The van der Waals surface area contributed by atoms with E-state index in [4.69, 9.17) is 0 Å². The van der Waals surface area contributed by atoms with Gasteiger partial charge >= 0.3 is 5.97 Å². The molecule has 31 heavy (non-hydrogen) atoms. The summed E-state index contributed by atoms with van der Waals surface area (Å²) >= 11 is 0. The zero-order valence-electron chi connectivity index (χ0n) is 19.6. The predicted octanol–water partition coefficient (Wildman–Crippen LogP) is 7.03. The van der Waals surface area contributed by atoms with Crippen molar-refractivity contribution in [1.82, 2.24) is 0 Å². The molecule has 0 aliphatic rings. The maximum atomic E-state index is 12.0. The molecule has 2 N–H and O–H groups in total. The van der Waals surface area contributed by atoms with Crippen LogP contribution >= 0.6 is 0 Å². The molecule has 0 spiro atoms. The standard InChI is InChI=1S/C28H40O3/c1-4-5-6-7-8-9-10-14-17-25(29)19-24-20-27(28(30)31)26(22(3)21(24)2)18-23-15-12-11-13-16-23/h11-13,15-16,20,25,29H,4-10,14,17-19H2,1-3H3,(H,30,31). The monoisotopic (exact) mass is 424 g/mol. The van der Waals surface area contributed by atoms with E-state index >= 15 is 0 Å². The van der Waals surface area contributed by atoms with Crippen molar-refractivity contribution in [3.8, 4) is 0 Å². The van der Waals surface area contributed by atoms with Crippen molar-refractivity contribution in [3.05, 3.63) is 69.8 Å². The van der Waals surface area contributed by atoms with E-state index in [2.05, 4.69) is 6.92 Å². The van der Waals surface area contributed by atoms with Crippen molar-refractivity contribution >= 4 is 5.97 Å². The van der Waals surface area contributed by atoms with Crippen LogP contribution in [-0.2, 0) is 12.8 Å². The highest BCUT2D eigenvalue weighted by Crippen LogP contribution is 2.27. The van der Waals surface area contributed by atoms with Gasteiger partial charge in [-0.3, -0.25) is 0 Å². The molecule has 3 nitrogen and oxygen atoms in total. The Hall–Kier alpha value is -2.13. The lowest BCUT2D eigenvalue weighted by Gasteiger charge is -2.19. The van der Waals surface area contributed by atoms with Gasteiger partial charge in [-0.15, -0.1) is 0 Å². The van der Waals surface area contributed by atoms with E-state index in [1.807, 2.05) is 44.2 Å². The summed E-state index contributed by atoms with van der Waals surface area (Å²) in [5, 5.41) is 20.4. The van der Waals surface area contributed by atoms with Crippen molar-refractivity contribution in [2.75, 3.05) is 0 Å². The molecule has 0 saturated carbocycles. The van der Waals surface area contributed by atoms with Crippen LogP contribution in [0.5, 0.6) is 0 Å². The zero-order valence-corrected chi connectivity index (χ0v) is 19.6. The maximum Gasteiger partial charge on any atom is 0.335 e. The van der Waals surface area contributed by atoms with E-state index in [-0.39, 0.29) is 0 Å². The second kappa shape index (κ2) is 13.3. The summed E-state index contributed by atoms with van der Waals surface area (Å²) in [4.78, 5) is 12.0. The molecule has 0 radical (unpaired) electrons.